The van der Waals surface area contributed by atoms with Crippen molar-refractivity contribution in [3.8, 4) is 6.07 Å². The molecule has 1 heterocycles. The molecule has 0 spiro atoms. The van der Waals surface area contributed by atoms with E-state index in [-0.39, 0.29) is 66.7 Å². The molecule has 1 aliphatic rings. The Kier molecular flexibility index (Phi) is 11.4. The third-order valence-electron chi connectivity index (χ3n) is 7.34. The lowest BCUT2D eigenvalue weighted by Gasteiger charge is -2.38. The van der Waals surface area contributed by atoms with E-state index < -0.39 is 53.2 Å². The maximum atomic E-state index is 15.6. The van der Waals surface area contributed by atoms with Gasteiger partial charge in [0.2, 0.25) is 0 Å². The number of aliphatic hydroxyl groups is 3. The highest BCUT2D eigenvalue weighted by molar-refractivity contribution is 6.31. The van der Waals surface area contributed by atoms with Crippen molar-refractivity contribution in [2.75, 3.05) is 13.2 Å². The maximum Gasteiger partial charge on any atom is 0.150 e. The van der Waals surface area contributed by atoms with Gasteiger partial charge in [0.15, 0.2) is 0 Å². The summed E-state index contributed by atoms with van der Waals surface area (Å²) >= 11 is 12.1. The van der Waals surface area contributed by atoms with Gasteiger partial charge in [-0.2, -0.15) is 5.26 Å². The van der Waals surface area contributed by atoms with Gasteiger partial charge in [0, 0.05) is 35.6 Å². The van der Waals surface area contributed by atoms with Gasteiger partial charge in [0.25, 0.3) is 0 Å². The number of hydrogen-bond donors (Lipinski definition) is 4. The molecule has 0 aliphatic carbocycles. The van der Waals surface area contributed by atoms with Gasteiger partial charge >= 0.3 is 0 Å². The number of halogens is 4. The van der Waals surface area contributed by atoms with E-state index in [1.165, 1.54) is 30.3 Å². The Labute approximate surface area is 238 Å². The lowest BCUT2D eigenvalue weighted by molar-refractivity contribution is -0.121. The Morgan fingerprint density at radius 2 is 1.92 bits per heavy atom. The monoisotopic (exact) mass is 584 g/mol. The minimum atomic E-state index is -1.78. The molecule has 10 heteroatoms. The molecule has 1 aliphatic heterocycles. The molecule has 2 aromatic carbocycles. The van der Waals surface area contributed by atoms with E-state index in [9.17, 15) is 20.3 Å². The van der Waals surface area contributed by atoms with Gasteiger partial charge in [-0.25, -0.2) is 8.78 Å². The zero-order valence-electron chi connectivity index (χ0n) is 21.2. The van der Waals surface area contributed by atoms with E-state index in [0.29, 0.717) is 0 Å². The molecule has 0 radical (unpaired) electrons. The van der Waals surface area contributed by atoms with Crippen LogP contribution in [0.1, 0.15) is 64.0 Å². The normalized spacial score (nSPS) is 23.6. The standard InChI is InChI=1S/C28H32Cl2F2N2O4.CH4/c1-27(2,15-36)12-23-28(14-33,19-10-9-16(29)11-21(19)31)24(18-6-4-7-20(30)25(18)32)26(34-23)22(38)8-3-5-17(37)13-35;/h4,6-7,9-11,17,23-24,26,34-37H,3,5,8,12-13,15H2,1-2H3;1H4/t17-,23-,24-,26-,28-;/m0./s1. The highest BCUT2D eigenvalue weighted by atomic mass is 35.5. The molecule has 4 N–H and O–H groups in total. The summed E-state index contributed by atoms with van der Waals surface area (Å²) in [6.45, 7) is 2.85. The van der Waals surface area contributed by atoms with Crippen molar-refractivity contribution in [1.29, 1.82) is 5.26 Å². The van der Waals surface area contributed by atoms with Crippen LogP contribution in [0.4, 0.5) is 8.78 Å². The number of nitriles is 1. The molecule has 0 saturated carbocycles. The van der Waals surface area contributed by atoms with Crippen molar-refractivity contribution in [2.24, 2.45) is 5.41 Å². The third kappa shape index (κ3) is 6.79. The number of hydrogen-bond acceptors (Lipinski definition) is 6. The van der Waals surface area contributed by atoms with E-state index in [1.807, 2.05) is 0 Å². The Morgan fingerprint density at radius 3 is 2.51 bits per heavy atom. The number of Topliss-reactive ketones (excluding diaryl/α,β-unsaturated/α-hetero) is 1. The molecule has 2 aromatic rings. The van der Waals surface area contributed by atoms with Crippen LogP contribution in [0.25, 0.3) is 0 Å². The first-order valence-electron chi connectivity index (χ1n) is 12.4. The highest BCUT2D eigenvalue weighted by Gasteiger charge is 2.61. The van der Waals surface area contributed by atoms with Crippen LogP contribution in [-0.2, 0) is 10.2 Å². The summed E-state index contributed by atoms with van der Waals surface area (Å²) < 4.78 is 31.2. The second-order valence-electron chi connectivity index (χ2n) is 10.6. The molecule has 6 nitrogen and oxygen atoms in total. The van der Waals surface area contributed by atoms with Crippen molar-refractivity contribution in [1.82, 2.24) is 5.32 Å². The zero-order valence-corrected chi connectivity index (χ0v) is 22.7. The molecule has 5 atom stereocenters. The molecule has 0 aromatic heterocycles. The second-order valence-corrected chi connectivity index (χ2v) is 11.5. The Morgan fingerprint density at radius 1 is 1.23 bits per heavy atom. The molecular weight excluding hydrogens is 549 g/mol. The van der Waals surface area contributed by atoms with Crippen LogP contribution >= 0.6 is 23.2 Å². The van der Waals surface area contributed by atoms with Crippen molar-refractivity contribution in [3.63, 3.8) is 0 Å². The molecule has 3 rings (SSSR count). The van der Waals surface area contributed by atoms with Gasteiger partial charge in [0.1, 0.15) is 22.8 Å². The number of benzene rings is 2. The second kappa shape index (κ2) is 13.5. The fourth-order valence-corrected chi connectivity index (χ4v) is 5.71. The fourth-order valence-electron chi connectivity index (χ4n) is 5.37. The molecular formula is C29H36Cl2F2N2O4. The molecule has 0 unspecified atom stereocenters. The van der Waals surface area contributed by atoms with Crippen LogP contribution in [0.15, 0.2) is 36.4 Å². The molecule has 214 valence electrons. The molecule has 1 fully saturated rings. The zero-order chi connectivity index (χ0) is 28.3. The first-order chi connectivity index (χ1) is 17.9. The predicted molar refractivity (Wildman–Crippen MR) is 148 cm³/mol. The quantitative estimate of drug-likeness (QED) is 0.285. The summed E-state index contributed by atoms with van der Waals surface area (Å²) in [5.41, 5.74) is -2.58. The Hall–Kier alpha value is -2.12. The van der Waals surface area contributed by atoms with Crippen LogP contribution in [0.5, 0.6) is 0 Å². The average molecular weight is 586 g/mol. The number of carbonyl (C=O) groups is 1. The molecule has 1 saturated heterocycles. The lowest BCUT2D eigenvalue weighted by atomic mass is 9.62. The number of ketones is 1. The average Bonchev–Trinajstić information content (AvgIpc) is 3.19. The van der Waals surface area contributed by atoms with E-state index >= 15 is 8.78 Å². The van der Waals surface area contributed by atoms with E-state index in [2.05, 4.69) is 11.4 Å². The summed E-state index contributed by atoms with van der Waals surface area (Å²) in [5.74, 6) is -3.14. The van der Waals surface area contributed by atoms with Crippen molar-refractivity contribution < 1.29 is 28.9 Å². The summed E-state index contributed by atoms with van der Waals surface area (Å²) in [6.07, 6.45) is -0.453. The van der Waals surface area contributed by atoms with Crippen LogP contribution < -0.4 is 5.32 Å². The van der Waals surface area contributed by atoms with Crippen LogP contribution in [0.3, 0.4) is 0 Å². The van der Waals surface area contributed by atoms with Crippen molar-refractivity contribution in [3.05, 3.63) is 69.2 Å². The number of carbonyl (C=O) groups excluding carboxylic acids is 1. The summed E-state index contributed by atoms with van der Waals surface area (Å²) in [5, 5.41) is 42.7. The molecule has 0 bridgehead atoms. The number of rotatable bonds is 11. The van der Waals surface area contributed by atoms with Crippen LogP contribution in [0, 0.1) is 28.4 Å². The SMILES string of the molecule is C.CC(C)(CO)C[C@@H]1N[C@@H](C(=O)CCC[C@H](O)CO)[C@H](c2cccc(Cl)c2F)[C@@]1(C#N)c1ccc(Cl)cc1F. The highest BCUT2D eigenvalue weighted by Crippen LogP contribution is 2.53. The summed E-state index contributed by atoms with van der Waals surface area (Å²) in [6, 6.07) is 8.44. The molecule has 39 heavy (non-hydrogen) atoms. The van der Waals surface area contributed by atoms with Gasteiger partial charge in [0.05, 0.1) is 29.8 Å². The van der Waals surface area contributed by atoms with E-state index in [1.54, 1.807) is 13.8 Å². The predicted octanol–water partition coefficient (Wildman–Crippen LogP) is 5.29. The minimum Gasteiger partial charge on any atom is -0.396 e. The molecule has 0 amide bonds. The third-order valence-corrected chi connectivity index (χ3v) is 7.86. The Balaban J connectivity index is 0.00000533. The smallest absolute Gasteiger partial charge is 0.150 e. The summed E-state index contributed by atoms with van der Waals surface area (Å²) in [4.78, 5) is 13.6. The van der Waals surface area contributed by atoms with Crippen molar-refractivity contribution >= 4 is 29.0 Å². The van der Waals surface area contributed by atoms with E-state index in [4.69, 9.17) is 28.3 Å². The fraction of sp³-hybridized carbons (Fsp3) is 0.517. The minimum absolute atomic E-state index is 0. The van der Waals surface area contributed by atoms with Crippen molar-refractivity contribution in [2.45, 2.75) is 76.5 Å². The van der Waals surface area contributed by atoms with Gasteiger partial charge in [-0.05, 0) is 48.4 Å². The number of aliphatic hydroxyl groups excluding tert-OH is 3. The number of nitrogens with one attached hydrogen (secondary N) is 1. The maximum absolute atomic E-state index is 15.6. The first kappa shape index (κ1) is 33.1. The van der Waals surface area contributed by atoms with Gasteiger partial charge in [-0.1, -0.05) is 62.7 Å². The summed E-state index contributed by atoms with van der Waals surface area (Å²) in [7, 11) is 0. The topological polar surface area (TPSA) is 114 Å². The van der Waals surface area contributed by atoms with Crippen LogP contribution in [0.2, 0.25) is 10.0 Å². The van der Waals surface area contributed by atoms with Gasteiger partial charge in [-0.3, -0.25) is 4.79 Å². The van der Waals surface area contributed by atoms with Gasteiger partial charge < -0.3 is 20.6 Å². The van der Waals surface area contributed by atoms with Crippen LogP contribution in [-0.4, -0.2) is 52.5 Å². The van der Waals surface area contributed by atoms with E-state index in [0.717, 1.165) is 6.07 Å². The largest absolute Gasteiger partial charge is 0.396 e. The van der Waals surface area contributed by atoms with Gasteiger partial charge in [-0.15, -0.1) is 0 Å². The first-order valence-corrected chi connectivity index (χ1v) is 13.2. The lowest BCUT2D eigenvalue weighted by Crippen LogP contribution is -2.45. The Bertz CT molecular complexity index is 1210. The number of nitrogens with zero attached hydrogens (tertiary/aromatic N) is 1.